The second-order valence-electron chi connectivity index (χ2n) is 6.33. The molecule has 0 atom stereocenters. The molecule has 16 heavy (non-hydrogen) atoms. The fraction of sp³-hybridized carbons (Fsp3) is 1.00. The Morgan fingerprint density at radius 3 is 2.19 bits per heavy atom. The minimum absolute atomic E-state index is 0.0392. The third-order valence-corrected chi connectivity index (χ3v) is 3.61. The summed E-state index contributed by atoms with van der Waals surface area (Å²) in [5, 5.41) is 0. The van der Waals surface area contributed by atoms with E-state index in [0.717, 1.165) is 18.8 Å². The maximum absolute atomic E-state index is 6.22. The summed E-state index contributed by atoms with van der Waals surface area (Å²) < 4.78 is 6.22. The van der Waals surface area contributed by atoms with Crippen molar-refractivity contribution in [3.8, 4) is 0 Å². The van der Waals surface area contributed by atoms with Crippen LogP contribution in [0.25, 0.3) is 0 Å². The molecule has 96 valence electrons. The molecule has 0 radical (unpaired) electrons. The van der Waals surface area contributed by atoms with Crippen LogP contribution in [0.1, 0.15) is 66.2 Å². The SMILES string of the molecule is CCCC1CCC(CN)(OC(C)(C)C)CC1. The maximum atomic E-state index is 6.22. The molecule has 0 unspecified atom stereocenters. The molecule has 0 aromatic rings. The summed E-state index contributed by atoms with van der Waals surface area (Å²) in [7, 11) is 0. The highest BCUT2D eigenvalue weighted by Crippen LogP contribution is 2.38. The molecule has 1 aliphatic rings. The summed E-state index contributed by atoms with van der Waals surface area (Å²) in [4.78, 5) is 0. The van der Waals surface area contributed by atoms with Crippen LogP contribution in [0.15, 0.2) is 0 Å². The standard InChI is InChI=1S/C14H29NO/c1-5-6-12-7-9-14(11-15,10-8-12)16-13(2,3)4/h12H,5-11,15H2,1-4H3. The van der Waals surface area contributed by atoms with E-state index in [9.17, 15) is 0 Å². The fourth-order valence-electron chi connectivity index (χ4n) is 2.90. The second-order valence-corrected chi connectivity index (χ2v) is 6.33. The van der Waals surface area contributed by atoms with Gasteiger partial charge in [0.2, 0.25) is 0 Å². The molecular weight excluding hydrogens is 198 g/mol. The van der Waals surface area contributed by atoms with Crippen molar-refractivity contribution in [2.45, 2.75) is 77.4 Å². The summed E-state index contributed by atoms with van der Waals surface area (Å²) in [6, 6.07) is 0. The normalized spacial score (nSPS) is 31.7. The number of hydrogen-bond donors (Lipinski definition) is 1. The summed E-state index contributed by atoms with van der Waals surface area (Å²) in [5.41, 5.74) is 5.83. The first-order chi connectivity index (χ1) is 7.41. The highest BCUT2D eigenvalue weighted by Gasteiger charge is 2.37. The largest absolute Gasteiger partial charge is 0.368 e. The lowest BCUT2D eigenvalue weighted by molar-refractivity contribution is -0.147. The Hall–Kier alpha value is -0.0800. The van der Waals surface area contributed by atoms with Crippen molar-refractivity contribution >= 4 is 0 Å². The average molecular weight is 227 g/mol. The van der Waals surface area contributed by atoms with Crippen LogP contribution in [-0.2, 0) is 4.74 Å². The Balaban J connectivity index is 2.51. The Morgan fingerprint density at radius 1 is 1.25 bits per heavy atom. The van der Waals surface area contributed by atoms with Gasteiger partial charge in [0.25, 0.3) is 0 Å². The monoisotopic (exact) mass is 227 g/mol. The second kappa shape index (κ2) is 5.50. The number of hydrogen-bond acceptors (Lipinski definition) is 2. The van der Waals surface area contributed by atoms with Gasteiger partial charge in [0.15, 0.2) is 0 Å². The molecule has 1 rings (SSSR count). The molecular formula is C14H29NO. The minimum atomic E-state index is -0.0725. The van der Waals surface area contributed by atoms with Crippen molar-refractivity contribution in [1.29, 1.82) is 0 Å². The average Bonchev–Trinajstić information content (AvgIpc) is 2.19. The van der Waals surface area contributed by atoms with Crippen molar-refractivity contribution in [3.05, 3.63) is 0 Å². The van der Waals surface area contributed by atoms with E-state index >= 15 is 0 Å². The molecule has 1 saturated carbocycles. The summed E-state index contributed by atoms with van der Waals surface area (Å²) >= 11 is 0. The molecule has 0 aliphatic heterocycles. The van der Waals surface area contributed by atoms with Crippen LogP contribution in [-0.4, -0.2) is 17.7 Å². The zero-order valence-electron chi connectivity index (χ0n) is 11.5. The highest BCUT2D eigenvalue weighted by atomic mass is 16.5. The number of nitrogens with two attached hydrogens (primary N) is 1. The first-order valence-electron chi connectivity index (χ1n) is 6.81. The fourth-order valence-corrected chi connectivity index (χ4v) is 2.90. The van der Waals surface area contributed by atoms with Gasteiger partial charge in [0, 0.05) is 6.54 Å². The Kier molecular flexibility index (Phi) is 4.81. The van der Waals surface area contributed by atoms with Gasteiger partial charge >= 0.3 is 0 Å². The van der Waals surface area contributed by atoms with E-state index < -0.39 is 0 Å². The molecule has 0 aromatic heterocycles. The van der Waals surface area contributed by atoms with Crippen LogP contribution in [0.4, 0.5) is 0 Å². The van der Waals surface area contributed by atoms with Crippen LogP contribution in [0.5, 0.6) is 0 Å². The predicted octanol–water partition coefficient (Wildman–Crippen LogP) is 3.49. The molecule has 0 saturated heterocycles. The van der Waals surface area contributed by atoms with Gasteiger partial charge < -0.3 is 10.5 Å². The number of ether oxygens (including phenoxy) is 1. The van der Waals surface area contributed by atoms with Crippen LogP contribution < -0.4 is 5.73 Å². The van der Waals surface area contributed by atoms with Crippen LogP contribution in [0.2, 0.25) is 0 Å². The van der Waals surface area contributed by atoms with E-state index in [-0.39, 0.29) is 11.2 Å². The first kappa shape index (κ1) is 14.0. The predicted molar refractivity (Wildman–Crippen MR) is 69.5 cm³/mol. The van der Waals surface area contributed by atoms with Crippen molar-refractivity contribution < 1.29 is 4.74 Å². The van der Waals surface area contributed by atoms with Crippen molar-refractivity contribution in [2.75, 3.05) is 6.54 Å². The molecule has 0 aromatic carbocycles. The third-order valence-electron chi connectivity index (χ3n) is 3.61. The van der Waals surface area contributed by atoms with Gasteiger partial charge in [-0.05, 0) is 52.4 Å². The Bertz CT molecular complexity index is 199. The Labute approximate surface area is 101 Å². The smallest absolute Gasteiger partial charge is 0.0811 e. The molecule has 2 N–H and O–H groups in total. The van der Waals surface area contributed by atoms with Gasteiger partial charge in [-0.3, -0.25) is 0 Å². The van der Waals surface area contributed by atoms with Gasteiger partial charge in [-0.15, -0.1) is 0 Å². The zero-order chi connectivity index (χ0) is 12.2. The summed E-state index contributed by atoms with van der Waals surface area (Å²) in [5.74, 6) is 0.910. The minimum Gasteiger partial charge on any atom is -0.368 e. The van der Waals surface area contributed by atoms with E-state index in [4.69, 9.17) is 10.5 Å². The molecule has 2 nitrogen and oxygen atoms in total. The first-order valence-corrected chi connectivity index (χ1v) is 6.81. The Morgan fingerprint density at radius 2 is 1.81 bits per heavy atom. The van der Waals surface area contributed by atoms with Crippen LogP contribution in [0.3, 0.4) is 0 Å². The zero-order valence-corrected chi connectivity index (χ0v) is 11.5. The summed E-state index contributed by atoms with van der Waals surface area (Å²) in [6.07, 6.45) is 7.55. The van der Waals surface area contributed by atoms with Crippen LogP contribution >= 0.6 is 0 Å². The van der Waals surface area contributed by atoms with Gasteiger partial charge in [-0.1, -0.05) is 19.8 Å². The number of rotatable bonds is 4. The molecule has 1 aliphatic carbocycles. The molecule has 0 heterocycles. The van der Waals surface area contributed by atoms with Gasteiger partial charge in [-0.2, -0.15) is 0 Å². The van der Waals surface area contributed by atoms with E-state index in [2.05, 4.69) is 27.7 Å². The van der Waals surface area contributed by atoms with Gasteiger partial charge in [0.05, 0.1) is 11.2 Å². The van der Waals surface area contributed by atoms with Gasteiger partial charge in [0.1, 0.15) is 0 Å². The van der Waals surface area contributed by atoms with E-state index in [1.807, 2.05) is 0 Å². The van der Waals surface area contributed by atoms with Gasteiger partial charge in [-0.25, -0.2) is 0 Å². The van der Waals surface area contributed by atoms with Crippen molar-refractivity contribution in [3.63, 3.8) is 0 Å². The quantitative estimate of drug-likeness (QED) is 0.798. The lowest BCUT2D eigenvalue weighted by atomic mass is 9.76. The molecule has 2 heteroatoms. The third kappa shape index (κ3) is 4.06. The van der Waals surface area contributed by atoms with Crippen molar-refractivity contribution in [2.24, 2.45) is 11.7 Å². The lowest BCUT2D eigenvalue weighted by Gasteiger charge is -2.43. The van der Waals surface area contributed by atoms with E-state index in [0.29, 0.717) is 6.54 Å². The summed E-state index contributed by atoms with van der Waals surface area (Å²) in [6.45, 7) is 9.33. The molecule has 1 fully saturated rings. The van der Waals surface area contributed by atoms with E-state index in [1.54, 1.807) is 0 Å². The van der Waals surface area contributed by atoms with Crippen LogP contribution in [0, 0.1) is 5.92 Å². The molecule has 0 spiro atoms. The maximum Gasteiger partial charge on any atom is 0.0811 e. The van der Waals surface area contributed by atoms with Crippen molar-refractivity contribution in [1.82, 2.24) is 0 Å². The lowest BCUT2D eigenvalue weighted by Crippen LogP contribution is -2.48. The molecule has 0 amide bonds. The highest BCUT2D eigenvalue weighted by molar-refractivity contribution is 4.90. The molecule has 0 bridgehead atoms. The van der Waals surface area contributed by atoms with E-state index in [1.165, 1.54) is 25.7 Å². The topological polar surface area (TPSA) is 35.2 Å².